The largest absolute Gasteiger partial charge is 0.491 e. The zero-order valence-electron chi connectivity index (χ0n) is 4.33. The van der Waals surface area contributed by atoms with Crippen molar-refractivity contribution in [3.8, 4) is 0 Å². The number of carbonyl (C=O) groups excluding carboxylic acids is 1. The van der Waals surface area contributed by atoms with Crippen molar-refractivity contribution in [1.82, 2.24) is 0 Å². The van der Waals surface area contributed by atoms with Gasteiger partial charge in [-0.1, -0.05) is 0 Å². The summed E-state index contributed by atoms with van der Waals surface area (Å²) in [6, 6.07) is 0. The molecule has 2 nitrogen and oxygen atoms in total. The molecule has 8 heteroatoms. The van der Waals surface area contributed by atoms with Gasteiger partial charge in [0.15, 0.2) is 0 Å². The van der Waals surface area contributed by atoms with E-state index < -0.39 is 29.2 Å². The van der Waals surface area contributed by atoms with Crippen molar-refractivity contribution in [3.05, 3.63) is 0 Å². The van der Waals surface area contributed by atoms with Crippen LogP contribution >= 0.6 is 17.1 Å². The Bertz CT molecular complexity index is 123. The van der Waals surface area contributed by atoms with E-state index >= 15 is 0 Å². The first-order valence-corrected chi connectivity index (χ1v) is 4.65. The van der Waals surface area contributed by atoms with Gasteiger partial charge in [0.05, 0.1) is 0 Å². The average Bonchev–Trinajstić information content (AvgIpc) is 1.80. The molecule has 0 fully saturated rings. The van der Waals surface area contributed by atoms with Crippen molar-refractivity contribution in [2.24, 2.45) is 0 Å². The zero-order chi connectivity index (χ0) is 8.20. The number of rotatable bonds is 2. The van der Waals surface area contributed by atoms with Crippen molar-refractivity contribution in [2.75, 3.05) is 0 Å². The third kappa shape index (κ3) is 3.96. The van der Waals surface area contributed by atoms with E-state index in [1.807, 2.05) is 0 Å². The number of hydrogen-bond donors (Lipinski definition) is 0. The quantitative estimate of drug-likeness (QED) is 0.499. The lowest BCUT2D eigenvalue weighted by atomic mass is 10.7. The topological polar surface area (TPSA) is 26.3 Å². The SMILES string of the molecule is O=C(OPPF)C(F)(F)F. The van der Waals surface area contributed by atoms with Crippen LogP contribution in [0, 0.1) is 0 Å². The standard InChI is InChI=1S/C2H2F4O2P2/c3-2(4,5)1(7)8-10-9-6/h9-10H. The van der Waals surface area contributed by atoms with E-state index in [-0.39, 0.29) is 0 Å². The molecule has 0 rings (SSSR count). The van der Waals surface area contributed by atoms with Gasteiger partial charge in [-0.3, -0.25) is 0 Å². The van der Waals surface area contributed by atoms with E-state index in [4.69, 9.17) is 0 Å². The first kappa shape index (κ1) is 10.0. The van der Waals surface area contributed by atoms with Crippen LogP contribution in [0.3, 0.4) is 0 Å². The number of alkyl halides is 3. The molecule has 0 bridgehead atoms. The summed E-state index contributed by atoms with van der Waals surface area (Å²) in [5.74, 6) is -2.34. The van der Waals surface area contributed by atoms with E-state index in [0.29, 0.717) is 0 Å². The van der Waals surface area contributed by atoms with Crippen LogP contribution in [-0.2, 0) is 9.32 Å². The maximum Gasteiger partial charge on any atom is 0.491 e. The Labute approximate surface area is 57.0 Å². The molecule has 10 heavy (non-hydrogen) atoms. The summed E-state index contributed by atoms with van der Waals surface area (Å²) in [5.41, 5.74) is 0. The molecule has 0 aliphatic heterocycles. The third-order valence-corrected chi connectivity index (χ3v) is 1.32. The molecule has 0 saturated heterocycles. The highest BCUT2D eigenvalue weighted by Gasteiger charge is 2.40. The van der Waals surface area contributed by atoms with Crippen LogP contribution in [0.4, 0.5) is 17.4 Å². The maximum atomic E-state index is 11.2. The van der Waals surface area contributed by atoms with Crippen molar-refractivity contribution in [2.45, 2.75) is 6.18 Å². The van der Waals surface area contributed by atoms with Gasteiger partial charge in [-0.05, 0) is 0 Å². The Kier molecular flexibility index (Phi) is 4.06. The zero-order valence-corrected chi connectivity index (χ0v) is 6.33. The molecule has 0 saturated carbocycles. The molecular weight excluding hydrogens is 194 g/mol. The van der Waals surface area contributed by atoms with Crippen LogP contribution in [-0.4, -0.2) is 12.1 Å². The molecule has 0 heterocycles. The minimum absolute atomic E-state index is 1.04. The summed E-state index contributed by atoms with van der Waals surface area (Å²) in [7, 11) is -2.33. The Hall–Kier alpha value is 0.0500. The summed E-state index contributed by atoms with van der Waals surface area (Å²) in [6.07, 6.45) is -5.01. The second-order valence-corrected chi connectivity index (χ2v) is 2.86. The highest BCUT2D eigenvalue weighted by atomic mass is 32.0. The van der Waals surface area contributed by atoms with E-state index in [1.165, 1.54) is 0 Å². The normalized spacial score (nSPS) is 13.6. The van der Waals surface area contributed by atoms with Crippen LogP contribution in [0.5, 0.6) is 0 Å². The number of carbonyl (C=O) groups is 1. The molecule has 0 aliphatic carbocycles. The van der Waals surface area contributed by atoms with Crippen LogP contribution in [0.1, 0.15) is 0 Å². The van der Waals surface area contributed by atoms with Gasteiger partial charge in [0.25, 0.3) is 0 Å². The highest BCUT2D eigenvalue weighted by molar-refractivity contribution is 8.07. The fraction of sp³-hybridized carbons (Fsp3) is 0.500. The van der Waals surface area contributed by atoms with Gasteiger partial charge in [0.1, 0.15) is 17.1 Å². The second-order valence-electron chi connectivity index (χ2n) is 1.08. The third-order valence-electron chi connectivity index (χ3n) is 0.414. The molecule has 0 aromatic heterocycles. The summed E-state index contributed by atoms with van der Waals surface area (Å²) in [6.45, 7) is 0. The second kappa shape index (κ2) is 4.04. The van der Waals surface area contributed by atoms with E-state index in [1.54, 1.807) is 0 Å². The Morgan fingerprint density at radius 3 is 2.20 bits per heavy atom. The van der Waals surface area contributed by atoms with Gasteiger partial charge in [-0.25, -0.2) is 8.99 Å². The lowest BCUT2D eigenvalue weighted by molar-refractivity contribution is -0.188. The van der Waals surface area contributed by atoms with Crippen LogP contribution in [0.2, 0.25) is 0 Å². The van der Waals surface area contributed by atoms with Gasteiger partial charge >= 0.3 is 12.1 Å². The lowest BCUT2D eigenvalue weighted by Gasteiger charge is -2.03. The predicted molar refractivity (Wildman–Crippen MR) is 29.9 cm³/mol. The van der Waals surface area contributed by atoms with Crippen molar-refractivity contribution in [1.29, 1.82) is 0 Å². The van der Waals surface area contributed by atoms with Gasteiger partial charge in [0.2, 0.25) is 0 Å². The monoisotopic (exact) mass is 196 g/mol. The average molecular weight is 196 g/mol. The van der Waals surface area contributed by atoms with Gasteiger partial charge in [-0.15, -0.1) is 0 Å². The first-order chi connectivity index (χ1) is 4.48. The highest BCUT2D eigenvalue weighted by Crippen LogP contribution is 2.40. The van der Waals surface area contributed by atoms with Crippen molar-refractivity contribution < 1.29 is 26.7 Å². The molecule has 0 spiro atoms. The van der Waals surface area contributed by atoms with Crippen LogP contribution in [0.25, 0.3) is 0 Å². The Balaban J connectivity index is 3.64. The fourth-order valence-corrected chi connectivity index (χ4v) is 0.764. The molecular formula is C2H2F4O2P2. The molecule has 2 atom stereocenters. The molecule has 0 aromatic rings. The predicted octanol–water partition coefficient (Wildman–Crippen LogP) is 2.16. The van der Waals surface area contributed by atoms with Crippen molar-refractivity contribution >= 4 is 23.0 Å². The molecule has 0 radical (unpaired) electrons. The lowest BCUT2D eigenvalue weighted by Crippen LogP contribution is -2.22. The summed E-state index contributed by atoms with van der Waals surface area (Å²) >= 11 is 0. The minimum Gasteiger partial charge on any atom is -0.435 e. The van der Waals surface area contributed by atoms with E-state index in [2.05, 4.69) is 4.52 Å². The molecule has 0 aliphatic rings. The smallest absolute Gasteiger partial charge is 0.435 e. The van der Waals surface area contributed by atoms with Gasteiger partial charge in [0, 0.05) is 0 Å². The summed E-state index contributed by atoms with van der Waals surface area (Å²) in [5, 5.41) is 0. The van der Waals surface area contributed by atoms with Crippen LogP contribution in [0.15, 0.2) is 0 Å². The molecule has 0 N–H and O–H groups in total. The summed E-state index contributed by atoms with van der Waals surface area (Å²) in [4.78, 5) is 9.72. The van der Waals surface area contributed by atoms with Gasteiger partial charge in [-0.2, -0.15) is 13.2 Å². The first-order valence-electron chi connectivity index (χ1n) is 1.87. The number of halogens is 4. The Morgan fingerprint density at radius 1 is 1.40 bits per heavy atom. The molecule has 0 aromatic carbocycles. The fourth-order valence-electron chi connectivity index (χ4n) is 0.124. The number of hydrogen-bond acceptors (Lipinski definition) is 2. The Morgan fingerprint density at radius 2 is 1.90 bits per heavy atom. The van der Waals surface area contributed by atoms with Crippen molar-refractivity contribution in [3.63, 3.8) is 0 Å². The minimum atomic E-state index is -5.01. The molecule has 0 amide bonds. The molecule has 60 valence electrons. The van der Waals surface area contributed by atoms with Crippen LogP contribution < -0.4 is 0 Å². The van der Waals surface area contributed by atoms with E-state index in [9.17, 15) is 22.2 Å². The van der Waals surface area contributed by atoms with E-state index in [0.717, 1.165) is 0 Å². The maximum absolute atomic E-state index is 11.2. The van der Waals surface area contributed by atoms with Gasteiger partial charge < -0.3 is 4.52 Å². The summed E-state index contributed by atoms with van der Waals surface area (Å²) < 4.78 is 48.1. The molecule has 2 unspecified atom stereocenters.